The number of rotatable bonds is 9. The zero-order valence-electron chi connectivity index (χ0n) is 17.3. The van der Waals surface area contributed by atoms with Gasteiger partial charge >= 0.3 is 0 Å². The van der Waals surface area contributed by atoms with Gasteiger partial charge in [-0.25, -0.2) is 4.98 Å². The van der Waals surface area contributed by atoms with Gasteiger partial charge in [-0.1, -0.05) is 42.1 Å². The normalized spacial score (nSPS) is 10.8. The van der Waals surface area contributed by atoms with Gasteiger partial charge in [0.15, 0.2) is 11.0 Å². The van der Waals surface area contributed by atoms with E-state index in [1.165, 1.54) is 0 Å². The summed E-state index contributed by atoms with van der Waals surface area (Å²) in [6.45, 7) is 4.49. The molecule has 8 heteroatoms. The molecule has 0 atom stereocenters. The van der Waals surface area contributed by atoms with Crippen molar-refractivity contribution in [2.75, 3.05) is 14.2 Å². The van der Waals surface area contributed by atoms with Crippen LogP contribution in [0.25, 0.3) is 22.0 Å². The Hall–Kier alpha value is -3.10. The molecule has 2 aromatic carbocycles. The van der Waals surface area contributed by atoms with E-state index in [-0.39, 0.29) is 0 Å². The number of thioether (sulfide) groups is 1. The number of para-hydroxylation sites is 1. The highest BCUT2D eigenvalue weighted by Crippen LogP contribution is 2.33. The minimum absolute atomic E-state index is 0.606. The number of allylic oxidation sites excluding steroid dienone is 1. The lowest BCUT2D eigenvalue weighted by Gasteiger charge is -2.10. The van der Waals surface area contributed by atoms with Crippen molar-refractivity contribution in [1.82, 2.24) is 19.7 Å². The van der Waals surface area contributed by atoms with E-state index in [9.17, 15) is 0 Å². The Balaban J connectivity index is 1.55. The third-order valence-corrected chi connectivity index (χ3v) is 6.53. The van der Waals surface area contributed by atoms with Crippen LogP contribution in [0.15, 0.2) is 71.7 Å². The maximum atomic E-state index is 5.50. The standard InChI is InChI=1S/C23H22N4O2S2/c1-4-12-27-21(19-10-5-6-11-20(19)29-3)25-26-23(27)31-15-17-14-30-22(24-17)16-8-7-9-18(13-16)28-2/h4-11,13-14H,1,12,15H2,2-3H3. The first-order chi connectivity index (χ1) is 15.2. The minimum atomic E-state index is 0.606. The summed E-state index contributed by atoms with van der Waals surface area (Å²) in [7, 11) is 3.33. The highest BCUT2D eigenvalue weighted by Gasteiger charge is 2.17. The molecule has 2 aromatic heterocycles. The van der Waals surface area contributed by atoms with Gasteiger partial charge in [0.1, 0.15) is 16.5 Å². The largest absolute Gasteiger partial charge is 0.497 e. The molecule has 0 aliphatic carbocycles. The third-order valence-electron chi connectivity index (χ3n) is 4.59. The summed E-state index contributed by atoms with van der Waals surface area (Å²) in [4.78, 5) is 4.78. The van der Waals surface area contributed by atoms with Crippen LogP contribution in [0.2, 0.25) is 0 Å². The predicted octanol–water partition coefficient (Wildman–Crippen LogP) is 5.56. The average molecular weight is 451 g/mol. The van der Waals surface area contributed by atoms with Crippen LogP contribution in [0.4, 0.5) is 0 Å². The smallest absolute Gasteiger partial charge is 0.192 e. The first-order valence-corrected chi connectivity index (χ1v) is 11.5. The second-order valence-corrected chi connectivity index (χ2v) is 8.37. The average Bonchev–Trinajstić information content (AvgIpc) is 3.45. The van der Waals surface area contributed by atoms with Crippen molar-refractivity contribution in [1.29, 1.82) is 0 Å². The monoisotopic (exact) mass is 450 g/mol. The fourth-order valence-corrected chi connectivity index (χ4v) is 4.88. The number of methoxy groups -OCH3 is 2. The van der Waals surface area contributed by atoms with E-state index in [1.807, 2.05) is 59.2 Å². The van der Waals surface area contributed by atoms with Crippen molar-refractivity contribution in [3.05, 3.63) is 72.3 Å². The van der Waals surface area contributed by atoms with Crippen LogP contribution in [-0.2, 0) is 12.3 Å². The predicted molar refractivity (Wildman–Crippen MR) is 126 cm³/mol. The Bertz CT molecular complexity index is 1190. The van der Waals surface area contributed by atoms with E-state index in [2.05, 4.69) is 22.2 Å². The van der Waals surface area contributed by atoms with Gasteiger partial charge in [-0.3, -0.25) is 4.57 Å². The molecule has 6 nitrogen and oxygen atoms in total. The maximum absolute atomic E-state index is 5.50. The molecule has 4 rings (SSSR count). The van der Waals surface area contributed by atoms with Crippen LogP contribution in [0.1, 0.15) is 5.69 Å². The molecule has 158 valence electrons. The van der Waals surface area contributed by atoms with Crippen LogP contribution in [0, 0.1) is 0 Å². The first-order valence-electron chi connectivity index (χ1n) is 9.62. The van der Waals surface area contributed by atoms with Gasteiger partial charge in [0, 0.05) is 23.2 Å². The van der Waals surface area contributed by atoms with Crippen molar-refractivity contribution in [3.8, 4) is 33.5 Å². The second kappa shape index (κ2) is 9.80. The lowest BCUT2D eigenvalue weighted by molar-refractivity contribution is 0.415. The molecule has 0 fully saturated rings. The number of nitrogens with zero attached hydrogens (tertiary/aromatic N) is 4. The Labute approximate surface area is 189 Å². The summed E-state index contributed by atoms with van der Waals surface area (Å²) in [5.74, 6) is 3.04. The maximum Gasteiger partial charge on any atom is 0.192 e. The lowest BCUT2D eigenvalue weighted by atomic mass is 10.2. The van der Waals surface area contributed by atoms with E-state index < -0.39 is 0 Å². The summed E-state index contributed by atoms with van der Waals surface area (Å²) in [6, 6.07) is 15.7. The topological polar surface area (TPSA) is 62.1 Å². The molecule has 0 unspecified atom stereocenters. The van der Waals surface area contributed by atoms with Crippen molar-refractivity contribution in [3.63, 3.8) is 0 Å². The zero-order valence-corrected chi connectivity index (χ0v) is 18.9. The molecule has 0 radical (unpaired) electrons. The Morgan fingerprint density at radius 2 is 1.97 bits per heavy atom. The quantitative estimate of drug-likeness (QED) is 0.246. The molecule has 0 bridgehead atoms. The summed E-state index contributed by atoms with van der Waals surface area (Å²) in [5, 5.41) is 12.7. The highest BCUT2D eigenvalue weighted by molar-refractivity contribution is 7.98. The van der Waals surface area contributed by atoms with Crippen molar-refractivity contribution in [2.24, 2.45) is 0 Å². The van der Waals surface area contributed by atoms with Crippen LogP contribution < -0.4 is 9.47 Å². The van der Waals surface area contributed by atoms with Crippen molar-refractivity contribution < 1.29 is 9.47 Å². The summed E-state index contributed by atoms with van der Waals surface area (Å²) in [6.07, 6.45) is 1.84. The number of hydrogen-bond donors (Lipinski definition) is 0. The van der Waals surface area contributed by atoms with E-state index in [0.29, 0.717) is 12.3 Å². The van der Waals surface area contributed by atoms with Crippen LogP contribution >= 0.6 is 23.1 Å². The van der Waals surface area contributed by atoms with E-state index >= 15 is 0 Å². The van der Waals surface area contributed by atoms with Gasteiger partial charge in [0.05, 0.1) is 25.5 Å². The fraction of sp³-hybridized carbons (Fsp3) is 0.174. The first kappa shape index (κ1) is 21.1. The van der Waals surface area contributed by atoms with Crippen molar-refractivity contribution in [2.45, 2.75) is 17.5 Å². The molecule has 0 aliphatic rings. The Kier molecular flexibility index (Phi) is 6.69. The minimum Gasteiger partial charge on any atom is -0.497 e. The Morgan fingerprint density at radius 1 is 1.10 bits per heavy atom. The number of ether oxygens (including phenoxy) is 2. The van der Waals surface area contributed by atoms with Gasteiger partial charge in [-0.2, -0.15) is 0 Å². The highest BCUT2D eigenvalue weighted by atomic mass is 32.2. The van der Waals surface area contributed by atoms with E-state index in [1.54, 1.807) is 37.3 Å². The summed E-state index contributed by atoms with van der Waals surface area (Å²) >= 11 is 3.23. The summed E-state index contributed by atoms with van der Waals surface area (Å²) in [5.41, 5.74) is 2.95. The number of benzene rings is 2. The molecule has 0 saturated heterocycles. The van der Waals surface area contributed by atoms with Gasteiger partial charge < -0.3 is 9.47 Å². The van der Waals surface area contributed by atoms with Crippen molar-refractivity contribution >= 4 is 23.1 Å². The number of thiazole rings is 1. The van der Waals surface area contributed by atoms with E-state index in [4.69, 9.17) is 14.5 Å². The van der Waals surface area contributed by atoms with Crippen LogP contribution in [0.5, 0.6) is 11.5 Å². The number of aromatic nitrogens is 4. The molecular weight excluding hydrogens is 428 g/mol. The Morgan fingerprint density at radius 3 is 2.77 bits per heavy atom. The molecule has 31 heavy (non-hydrogen) atoms. The molecule has 2 heterocycles. The molecule has 0 aliphatic heterocycles. The second-order valence-electron chi connectivity index (χ2n) is 6.57. The molecule has 0 amide bonds. The fourth-order valence-electron chi connectivity index (χ4n) is 3.12. The van der Waals surface area contributed by atoms with Crippen LogP contribution in [-0.4, -0.2) is 34.0 Å². The van der Waals surface area contributed by atoms with E-state index in [0.717, 1.165) is 44.3 Å². The van der Waals surface area contributed by atoms with Crippen LogP contribution in [0.3, 0.4) is 0 Å². The third kappa shape index (κ3) is 4.65. The zero-order chi connectivity index (χ0) is 21.6. The lowest BCUT2D eigenvalue weighted by Crippen LogP contribution is -2.01. The van der Waals surface area contributed by atoms with Gasteiger partial charge in [0.2, 0.25) is 0 Å². The SMILES string of the molecule is C=CCn1c(SCc2csc(-c3cccc(OC)c3)n2)nnc1-c1ccccc1OC. The molecule has 0 N–H and O–H groups in total. The molecule has 0 saturated carbocycles. The van der Waals surface area contributed by atoms with Gasteiger partial charge in [0.25, 0.3) is 0 Å². The number of hydrogen-bond acceptors (Lipinski definition) is 7. The molecular formula is C23H22N4O2S2. The summed E-state index contributed by atoms with van der Waals surface area (Å²) < 4.78 is 12.9. The van der Waals surface area contributed by atoms with Gasteiger partial charge in [-0.05, 0) is 24.3 Å². The molecule has 4 aromatic rings. The van der Waals surface area contributed by atoms with Gasteiger partial charge in [-0.15, -0.1) is 28.1 Å². The molecule has 0 spiro atoms.